The first kappa shape index (κ1) is 31.4. The largest absolute Gasteiger partial charge is 0.623 e. The standard InChI is InChI=1S/C34H49BO3Si/c1-3-5-28-39(29-6-4-2,38-35(36)37)34-27-19-18-25-32(34)24-12-8-7-9-17-26-33(30-20-13-10-14-21-30)31-22-15-11-16-23-31/h10-11,13-16,18-23,25,27,33,36-37H,3-9,12,17,24,26,28-29H2,1-2H3. The van der Waals surface area contributed by atoms with Crippen molar-refractivity contribution in [2.24, 2.45) is 0 Å². The van der Waals surface area contributed by atoms with E-state index < -0.39 is 15.6 Å². The van der Waals surface area contributed by atoms with Gasteiger partial charge < -0.3 is 14.4 Å². The van der Waals surface area contributed by atoms with Crippen molar-refractivity contribution >= 4 is 20.8 Å². The first-order valence-corrected chi connectivity index (χ1v) is 17.6. The maximum absolute atomic E-state index is 9.89. The number of unbranched alkanes of at least 4 members (excludes halogenated alkanes) is 6. The highest BCUT2D eigenvalue weighted by molar-refractivity contribution is 6.89. The van der Waals surface area contributed by atoms with Gasteiger partial charge in [-0.1, -0.05) is 150 Å². The van der Waals surface area contributed by atoms with E-state index >= 15 is 0 Å². The van der Waals surface area contributed by atoms with E-state index in [-0.39, 0.29) is 0 Å². The van der Waals surface area contributed by atoms with Crippen molar-refractivity contribution in [3.8, 4) is 0 Å². The molecule has 0 unspecified atom stereocenters. The normalized spacial score (nSPS) is 11.7. The quantitative estimate of drug-likeness (QED) is 0.118. The van der Waals surface area contributed by atoms with Gasteiger partial charge in [0.2, 0.25) is 8.32 Å². The molecular weight excluding hydrogens is 495 g/mol. The van der Waals surface area contributed by atoms with Crippen LogP contribution in [0.5, 0.6) is 0 Å². The highest BCUT2D eigenvalue weighted by atomic mass is 28.4. The van der Waals surface area contributed by atoms with E-state index in [1.807, 2.05) is 0 Å². The lowest BCUT2D eigenvalue weighted by Gasteiger charge is -2.34. The van der Waals surface area contributed by atoms with Gasteiger partial charge in [0.05, 0.1) is 0 Å². The summed E-state index contributed by atoms with van der Waals surface area (Å²) in [6.45, 7) is 4.39. The van der Waals surface area contributed by atoms with Crippen LogP contribution >= 0.6 is 0 Å². The lowest BCUT2D eigenvalue weighted by molar-refractivity contribution is 0.282. The molecule has 0 heterocycles. The van der Waals surface area contributed by atoms with Crippen molar-refractivity contribution < 1.29 is 14.4 Å². The number of hydrogen-bond donors (Lipinski definition) is 2. The van der Waals surface area contributed by atoms with Crippen molar-refractivity contribution in [3.05, 3.63) is 102 Å². The van der Waals surface area contributed by atoms with Crippen LogP contribution in [0.2, 0.25) is 12.1 Å². The lowest BCUT2D eigenvalue weighted by Crippen LogP contribution is -2.55. The summed E-state index contributed by atoms with van der Waals surface area (Å²) >= 11 is 0. The molecule has 0 aliphatic rings. The summed E-state index contributed by atoms with van der Waals surface area (Å²) in [6, 6.07) is 32.4. The summed E-state index contributed by atoms with van der Waals surface area (Å²) in [7, 11) is -4.18. The maximum Gasteiger partial charge on any atom is 0.623 e. The Hall–Kier alpha value is -2.18. The lowest BCUT2D eigenvalue weighted by atomic mass is 9.87. The summed E-state index contributed by atoms with van der Waals surface area (Å²) < 4.78 is 6.07. The van der Waals surface area contributed by atoms with E-state index in [4.69, 9.17) is 4.34 Å². The van der Waals surface area contributed by atoms with Crippen LogP contribution in [0.15, 0.2) is 84.9 Å². The molecule has 3 aromatic carbocycles. The summed E-state index contributed by atoms with van der Waals surface area (Å²) in [4.78, 5) is 0. The molecule has 3 aromatic rings. The van der Waals surface area contributed by atoms with Gasteiger partial charge in [0, 0.05) is 5.92 Å². The number of aryl methyl sites for hydroxylation is 1. The zero-order valence-corrected chi connectivity index (χ0v) is 25.2. The Bertz CT molecular complexity index is 997. The molecule has 0 aromatic heterocycles. The fraction of sp³-hybridized carbons (Fsp3) is 0.471. The second-order valence-corrected chi connectivity index (χ2v) is 14.7. The molecule has 0 radical (unpaired) electrons. The minimum atomic E-state index is -2.48. The third-order valence-corrected chi connectivity index (χ3v) is 12.5. The minimum absolute atomic E-state index is 0.463. The Morgan fingerprint density at radius 3 is 1.72 bits per heavy atom. The smallest absolute Gasteiger partial charge is 0.424 e. The van der Waals surface area contributed by atoms with Crippen molar-refractivity contribution in [1.82, 2.24) is 0 Å². The zero-order chi connectivity index (χ0) is 27.8. The van der Waals surface area contributed by atoms with E-state index in [1.54, 1.807) is 0 Å². The van der Waals surface area contributed by atoms with Crippen LogP contribution in [-0.2, 0) is 10.8 Å². The predicted octanol–water partition coefficient (Wildman–Crippen LogP) is 8.14. The highest BCUT2D eigenvalue weighted by Crippen LogP contribution is 2.30. The molecule has 0 saturated heterocycles. The second-order valence-electron chi connectivity index (χ2n) is 11.0. The maximum atomic E-state index is 9.89. The molecule has 5 heteroatoms. The van der Waals surface area contributed by atoms with E-state index in [0.717, 1.165) is 50.6 Å². The van der Waals surface area contributed by atoms with Crippen molar-refractivity contribution in [2.45, 2.75) is 102 Å². The fourth-order valence-corrected chi connectivity index (χ4v) is 10.6. The Kier molecular flexibility index (Phi) is 14.1. The van der Waals surface area contributed by atoms with Crippen molar-refractivity contribution in [3.63, 3.8) is 0 Å². The average Bonchev–Trinajstić information content (AvgIpc) is 2.97. The number of hydrogen-bond acceptors (Lipinski definition) is 3. The van der Waals surface area contributed by atoms with Gasteiger partial charge in [0.1, 0.15) is 0 Å². The Labute approximate surface area is 239 Å². The zero-order valence-electron chi connectivity index (χ0n) is 24.2. The molecule has 2 N–H and O–H groups in total. The van der Waals surface area contributed by atoms with Crippen LogP contribution < -0.4 is 5.19 Å². The molecule has 39 heavy (non-hydrogen) atoms. The van der Waals surface area contributed by atoms with E-state index in [1.165, 1.54) is 54.0 Å². The Morgan fingerprint density at radius 2 is 1.15 bits per heavy atom. The van der Waals surface area contributed by atoms with Gasteiger partial charge in [0.15, 0.2) is 0 Å². The molecule has 0 amide bonds. The van der Waals surface area contributed by atoms with Crippen molar-refractivity contribution in [1.29, 1.82) is 0 Å². The van der Waals surface area contributed by atoms with Gasteiger partial charge in [-0.2, -0.15) is 0 Å². The summed E-state index contributed by atoms with van der Waals surface area (Å²) in [5, 5.41) is 21.1. The summed E-state index contributed by atoms with van der Waals surface area (Å²) in [5.74, 6) is 0.463. The third-order valence-electron chi connectivity index (χ3n) is 8.05. The Balaban J connectivity index is 1.56. The molecule has 0 spiro atoms. The molecule has 0 aliphatic carbocycles. The first-order chi connectivity index (χ1) is 19.1. The number of rotatable bonds is 19. The predicted molar refractivity (Wildman–Crippen MR) is 169 cm³/mol. The average molecular weight is 545 g/mol. The van der Waals surface area contributed by atoms with E-state index in [0.29, 0.717) is 5.92 Å². The van der Waals surface area contributed by atoms with Gasteiger partial charge in [-0.25, -0.2) is 0 Å². The van der Waals surface area contributed by atoms with Gasteiger partial charge in [-0.05, 0) is 53.2 Å². The van der Waals surface area contributed by atoms with E-state index in [2.05, 4.69) is 98.8 Å². The summed E-state index contributed by atoms with van der Waals surface area (Å²) in [5.41, 5.74) is 4.17. The number of benzene rings is 3. The molecule has 0 atom stereocenters. The van der Waals surface area contributed by atoms with Gasteiger partial charge in [-0.3, -0.25) is 0 Å². The van der Waals surface area contributed by atoms with Crippen LogP contribution in [0.25, 0.3) is 0 Å². The minimum Gasteiger partial charge on any atom is -0.424 e. The summed E-state index contributed by atoms with van der Waals surface area (Å²) in [6.07, 6.45) is 12.6. The van der Waals surface area contributed by atoms with Crippen LogP contribution in [-0.4, -0.2) is 25.7 Å². The second kappa shape index (κ2) is 17.5. The fourth-order valence-electron chi connectivity index (χ4n) is 5.98. The molecule has 3 rings (SSSR count). The monoisotopic (exact) mass is 544 g/mol. The molecule has 3 nitrogen and oxygen atoms in total. The van der Waals surface area contributed by atoms with Crippen LogP contribution in [0.3, 0.4) is 0 Å². The molecule has 0 aliphatic heterocycles. The molecule has 0 bridgehead atoms. The van der Waals surface area contributed by atoms with Crippen LogP contribution in [0, 0.1) is 0 Å². The van der Waals surface area contributed by atoms with Crippen LogP contribution in [0.4, 0.5) is 0 Å². The van der Waals surface area contributed by atoms with Gasteiger partial charge >= 0.3 is 7.32 Å². The SMILES string of the molecule is CCCC[Si](CCCC)(OB(O)O)c1ccccc1CCCCCCCC(c1ccccc1)c1ccccc1. The van der Waals surface area contributed by atoms with Gasteiger partial charge in [0.25, 0.3) is 0 Å². The molecule has 0 saturated carbocycles. The van der Waals surface area contributed by atoms with Crippen molar-refractivity contribution in [2.75, 3.05) is 0 Å². The third kappa shape index (κ3) is 10.1. The Morgan fingerprint density at radius 1 is 0.641 bits per heavy atom. The van der Waals surface area contributed by atoms with Gasteiger partial charge in [-0.15, -0.1) is 0 Å². The molecular formula is C34H49BO3Si. The topological polar surface area (TPSA) is 49.7 Å². The molecule has 210 valence electrons. The first-order valence-electron chi connectivity index (χ1n) is 15.3. The van der Waals surface area contributed by atoms with Crippen LogP contribution in [0.1, 0.15) is 101 Å². The highest BCUT2D eigenvalue weighted by Gasteiger charge is 2.40. The molecule has 0 fully saturated rings. The van der Waals surface area contributed by atoms with E-state index in [9.17, 15) is 10.0 Å².